The molecule has 2 aromatic carbocycles. The summed E-state index contributed by atoms with van der Waals surface area (Å²) in [4.78, 5) is 18.0. The van der Waals surface area contributed by atoms with Crippen molar-refractivity contribution in [2.24, 2.45) is 0 Å². The van der Waals surface area contributed by atoms with E-state index in [4.69, 9.17) is 4.74 Å². The van der Waals surface area contributed by atoms with E-state index >= 15 is 0 Å². The minimum absolute atomic E-state index is 0.0752. The summed E-state index contributed by atoms with van der Waals surface area (Å²) in [5.74, 6) is -0.417. The number of aromatic nitrogens is 1. The quantitative estimate of drug-likeness (QED) is 0.157. The molecule has 0 bridgehead atoms. The van der Waals surface area contributed by atoms with Gasteiger partial charge in [0.2, 0.25) is 0 Å². The second-order valence-corrected chi connectivity index (χ2v) is 9.45. The van der Waals surface area contributed by atoms with Gasteiger partial charge in [-0.25, -0.2) is 4.39 Å². The first-order chi connectivity index (χ1) is 17.4. The molecule has 2 N–H and O–H groups in total. The maximum Gasteiger partial charge on any atom is 0.272 e. The zero-order valence-electron chi connectivity index (χ0n) is 20.2. The lowest BCUT2D eigenvalue weighted by Gasteiger charge is -2.17. The molecule has 0 amide bonds. The van der Waals surface area contributed by atoms with Crippen LogP contribution >= 0.6 is 11.3 Å². The molecule has 0 aliphatic rings. The van der Waals surface area contributed by atoms with E-state index in [1.165, 1.54) is 29.0 Å². The smallest absolute Gasteiger partial charge is 0.272 e. The number of nitro groups is 1. The molecular formula is C26H28FN5O3S. The van der Waals surface area contributed by atoms with Gasteiger partial charge in [0.1, 0.15) is 5.75 Å². The van der Waals surface area contributed by atoms with Crippen molar-refractivity contribution in [3.8, 4) is 21.9 Å². The maximum atomic E-state index is 14.4. The third kappa shape index (κ3) is 6.41. The summed E-state index contributed by atoms with van der Waals surface area (Å²) < 4.78 is 20.9. The Morgan fingerprint density at radius 1 is 1.08 bits per heavy atom. The Balaban J connectivity index is 1.45. The van der Waals surface area contributed by atoms with Crippen molar-refractivity contribution in [1.29, 1.82) is 0 Å². The van der Waals surface area contributed by atoms with Crippen molar-refractivity contribution in [3.63, 3.8) is 0 Å². The Kier molecular flexibility index (Phi) is 8.55. The third-order valence-corrected chi connectivity index (χ3v) is 6.82. The fourth-order valence-electron chi connectivity index (χ4n) is 3.72. The van der Waals surface area contributed by atoms with E-state index < -0.39 is 10.7 Å². The van der Waals surface area contributed by atoms with E-state index in [1.807, 2.05) is 13.1 Å². The van der Waals surface area contributed by atoms with Crippen LogP contribution in [0.15, 0.2) is 60.8 Å². The molecule has 0 unspecified atom stereocenters. The van der Waals surface area contributed by atoms with E-state index in [9.17, 15) is 14.5 Å². The highest BCUT2D eigenvalue weighted by Gasteiger charge is 2.15. The summed E-state index contributed by atoms with van der Waals surface area (Å²) in [6.45, 7) is 4.68. The van der Waals surface area contributed by atoms with Gasteiger partial charge in [0, 0.05) is 55.9 Å². The number of hydrogen-bond acceptors (Lipinski definition) is 8. The molecule has 0 saturated carbocycles. The number of nitrogens with one attached hydrogen (secondary N) is 2. The van der Waals surface area contributed by atoms with Crippen LogP contribution in [0.25, 0.3) is 20.7 Å². The molecule has 0 atom stereocenters. The molecule has 0 aliphatic heterocycles. The summed E-state index contributed by atoms with van der Waals surface area (Å²) in [5, 5.41) is 17.4. The predicted octanol–water partition coefficient (Wildman–Crippen LogP) is 5.04. The summed E-state index contributed by atoms with van der Waals surface area (Å²) in [5.41, 5.74) is 2.71. The number of nitrogens with zero attached hydrogens (tertiary/aromatic N) is 3. The van der Waals surface area contributed by atoms with Crippen LogP contribution in [0, 0.1) is 15.9 Å². The van der Waals surface area contributed by atoms with Crippen molar-refractivity contribution in [2.45, 2.75) is 6.54 Å². The minimum Gasteiger partial charge on any atom is -0.453 e. The molecule has 2 heterocycles. The third-order valence-electron chi connectivity index (χ3n) is 5.64. The molecule has 4 rings (SSSR count). The van der Waals surface area contributed by atoms with Gasteiger partial charge in [0.15, 0.2) is 11.6 Å². The number of ether oxygens (including phenoxy) is 1. The minimum atomic E-state index is -0.791. The molecular weight excluding hydrogens is 481 g/mol. The van der Waals surface area contributed by atoms with Crippen LogP contribution < -0.4 is 15.4 Å². The van der Waals surface area contributed by atoms with Gasteiger partial charge in [-0.15, -0.1) is 11.3 Å². The van der Waals surface area contributed by atoms with Crippen LogP contribution in [0.2, 0.25) is 0 Å². The molecule has 0 fully saturated rings. The number of non-ortho nitro benzene ring substituents is 1. The van der Waals surface area contributed by atoms with Crippen molar-refractivity contribution in [2.75, 3.05) is 40.3 Å². The molecule has 0 saturated heterocycles. The summed E-state index contributed by atoms with van der Waals surface area (Å²) in [6, 6.07) is 15.4. The number of likely N-dealkylation sites (N-methyl/N-ethyl adjacent to an activating group) is 2. The highest BCUT2D eigenvalue weighted by atomic mass is 32.1. The fraction of sp³-hybridized carbons (Fsp3) is 0.269. The van der Waals surface area contributed by atoms with E-state index in [0.717, 1.165) is 59.4 Å². The van der Waals surface area contributed by atoms with Gasteiger partial charge < -0.3 is 20.3 Å². The molecule has 2 aromatic heterocycles. The first kappa shape index (κ1) is 25.6. The van der Waals surface area contributed by atoms with Gasteiger partial charge in [-0.2, -0.15) is 0 Å². The average Bonchev–Trinajstić information content (AvgIpc) is 3.31. The van der Waals surface area contributed by atoms with Gasteiger partial charge in [-0.3, -0.25) is 15.1 Å². The lowest BCUT2D eigenvalue weighted by molar-refractivity contribution is -0.385. The van der Waals surface area contributed by atoms with Gasteiger partial charge in [0.05, 0.1) is 21.2 Å². The van der Waals surface area contributed by atoms with Gasteiger partial charge in [-0.1, -0.05) is 24.3 Å². The Bertz CT molecular complexity index is 1330. The highest BCUT2D eigenvalue weighted by Crippen LogP contribution is 2.39. The molecule has 188 valence electrons. The number of hydrogen-bond donors (Lipinski definition) is 2. The summed E-state index contributed by atoms with van der Waals surface area (Å²) >= 11 is 1.51. The molecule has 0 radical (unpaired) electrons. The number of benzene rings is 2. The topological polar surface area (TPSA) is 92.6 Å². The second kappa shape index (κ2) is 12.0. The van der Waals surface area contributed by atoms with Crippen molar-refractivity contribution in [3.05, 3.63) is 82.3 Å². The predicted molar refractivity (Wildman–Crippen MR) is 141 cm³/mol. The number of fused-ring (bicyclic) bond motifs is 1. The normalized spacial score (nSPS) is 11.3. The van der Waals surface area contributed by atoms with Crippen LogP contribution in [-0.2, 0) is 6.54 Å². The molecule has 36 heavy (non-hydrogen) atoms. The number of rotatable bonds is 12. The lowest BCUT2D eigenvalue weighted by atomic mass is 10.1. The van der Waals surface area contributed by atoms with Crippen LogP contribution in [0.5, 0.6) is 11.5 Å². The number of nitro benzene ring substituents is 1. The largest absolute Gasteiger partial charge is 0.453 e. The monoisotopic (exact) mass is 509 g/mol. The van der Waals surface area contributed by atoms with E-state index in [-0.39, 0.29) is 11.4 Å². The maximum absolute atomic E-state index is 14.4. The molecule has 0 spiro atoms. The Hall–Kier alpha value is -3.44. The lowest BCUT2D eigenvalue weighted by Crippen LogP contribution is -2.32. The van der Waals surface area contributed by atoms with Gasteiger partial charge in [-0.05, 0) is 37.4 Å². The summed E-state index contributed by atoms with van der Waals surface area (Å²) in [6.07, 6.45) is 1.60. The standard InChI is InChI=1S/C26H28FN5O3S/c1-28-11-12-29-13-14-31(2)17-18-3-5-19(6-4-18)25-16-22-26(36-25)24(9-10-30-22)35-23-8-7-20(32(33)34)15-21(23)27/h3-10,15-16,28-29H,11-14,17H2,1-2H3. The molecule has 0 aliphatic carbocycles. The van der Waals surface area contributed by atoms with Crippen molar-refractivity contribution >= 4 is 27.2 Å². The van der Waals surface area contributed by atoms with Gasteiger partial charge in [0.25, 0.3) is 5.69 Å². The van der Waals surface area contributed by atoms with Crippen molar-refractivity contribution in [1.82, 2.24) is 20.5 Å². The van der Waals surface area contributed by atoms with Crippen molar-refractivity contribution < 1.29 is 14.1 Å². The Morgan fingerprint density at radius 2 is 1.89 bits per heavy atom. The molecule has 10 heteroatoms. The first-order valence-electron chi connectivity index (χ1n) is 11.6. The van der Waals surface area contributed by atoms with Crippen LogP contribution in [0.1, 0.15) is 5.56 Å². The first-order valence-corrected chi connectivity index (χ1v) is 12.4. The molecule has 4 aromatic rings. The Labute approximate surface area is 212 Å². The average molecular weight is 510 g/mol. The van der Waals surface area contributed by atoms with E-state index in [1.54, 1.807) is 12.3 Å². The zero-order valence-corrected chi connectivity index (χ0v) is 21.0. The summed E-state index contributed by atoms with van der Waals surface area (Å²) in [7, 11) is 4.06. The SMILES string of the molecule is CNCCNCCN(C)Cc1ccc(-c2cc3nccc(Oc4ccc([N+](=O)[O-])cc4F)c3s2)cc1. The fourth-order valence-corrected chi connectivity index (χ4v) is 4.79. The number of pyridine rings is 1. The second-order valence-electron chi connectivity index (χ2n) is 8.40. The van der Waals surface area contributed by atoms with E-state index in [2.05, 4.69) is 51.8 Å². The number of thiophene rings is 1. The zero-order chi connectivity index (χ0) is 25.5. The highest BCUT2D eigenvalue weighted by molar-refractivity contribution is 7.22. The van der Waals surface area contributed by atoms with Crippen LogP contribution in [0.3, 0.4) is 0 Å². The van der Waals surface area contributed by atoms with Crippen LogP contribution in [0.4, 0.5) is 10.1 Å². The molecule has 8 nitrogen and oxygen atoms in total. The van der Waals surface area contributed by atoms with Crippen LogP contribution in [-0.4, -0.2) is 55.1 Å². The number of halogens is 1. The van der Waals surface area contributed by atoms with Gasteiger partial charge >= 0.3 is 0 Å². The Morgan fingerprint density at radius 3 is 2.61 bits per heavy atom. The van der Waals surface area contributed by atoms with E-state index in [0.29, 0.717) is 5.75 Å².